The van der Waals surface area contributed by atoms with E-state index in [2.05, 4.69) is 34.4 Å². The zero-order valence-corrected chi connectivity index (χ0v) is 21.3. The summed E-state index contributed by atoms with van der Waals surface area (Å²) in [6.45, 7) is 2.27. The Labute approximate surface area is 196 Å². The predicted octanol–water partition coefficient (Wildman–Crippen LogP) is 6.58. The second-order valence-electron chi connectivity index (χ2n) is 9.07. The predicted molar refractivity (Wildman–Crippen MR) is 139 cm³/mol. The lowest BCUT2D eigenvalue weighted by atomic mass is 10.1. The average Bonchev–Trinajstić information content (AvgIpc) is 2.76. The van der Waals surface area contributed by atoms with Gasteiger partial charge in [-0.05, 0) is 32.1 Å². The number of amides is 1. The highest BCUT2D eigenvalue weighted by Gasteiger charge is 2.17. The van der Waals surface area contributed by atoms with Gasteiger partial charge in [-0.1, -0.05) is 70.4 Å². The summed E-state index contributed by atoms with van der Waals surface area (Å²) in [5.74, 6) is 1.48. The number of nitrogens with one attached hydrogen (secondary N) is 1. The molecule has 6 heteroatoms. The van der Waals surface area contributed by atoms with Crippen molar-refractivity contribution in [3.8, 4) is 0 Å². The van der Waals surface area contributed by atoms with E-state index in [1.54, 1.807) is 0 Å². The van der Waals surface area contributed by atoms with Crippen LogP contribution in [0.25, 0.3) is 0 Å². The molecular weight excluding hydrogens is 398 g/mol. The molecule has 0 saturated heterocycles. The van der Waals surface area contributed by atoms with Crippen molar-refractivity contribution < 1.29 is 4.79 Å². The first-order valence-electron chi connectivity index (χ1n) is 12.6. The van der Waals surface area contributed by atoms with E-state index in [9.17, 15) is 4.79 Å². The van der Waals surface area contributed by atoms with Crippen molar-refractivity contribution >= 4 is 23.2 Å². The van der Waals surface area contributed by atoms with E-state index < -0.39 is 0 Å². The normalized spacial score (nSPS) is 11.2. The maximum absolute atomic E-state index is 12.5. The topological polar surface area (TPSA) is 61.4 Å². The fourth-order valence-corrected chi connectivity index (χ4v) is 3.72. The van der Waals surface area contributed by atoms with Crippen molar-refractivity contribution in [1.29, 1.82) is 0 Å². The van der Waals surface area contributed by atoms with Gasteiger partial charge in [0.15, 0.2) is 11.6 Å². The second kappa shape index (κ2) is 17.4. The van der Waals surface area contributed by atoms with E-state index >= 15 is 0 Å². The fourth-order valence-electron chi connectivity index (χ4n) is 3.72. The van der Waals surface area contributed by atoms with Crippen LogP contribution in [0.2, 0.25) is 0 Å². The molecule has 0 atom stereocenters. The molecule has 32 heavy (non-hydrogen) atoms. The summed E-state index contributed by atoms with van der Waals surface area (Å²) in [5, 5.41) is 3.03. The zero-order chi connectivity index (χ0) is 23.6. The Kier molecular flexibility index (Phi) is 15.2. The minimum atomic E-state index is 0.0311. The maximum Gasteiger partial charge on any atom is 0.224 e. The van der Waals surface area contributed by atoms with Gasteiger partial charge in [-0.3, -0.25) is 4.79 Å². The van der Waals surface area contributed by atoms with Crippen molar-refractivity contribution in [2.24, 2.45) is 0 Å². The summed E-state index contributed by atoms with van der Waals surface area (Å²) in [6, 6.07) is 0. The maximum atomic E-state index is 12.5. The standard InChI is InChI=1S/C26H47N5O/c1-6-7-8-9-10-11-12-13-14-15-16-17-18-19-20-21-23(32)29-24-25(30(2)3)27-22-28-26(24)31(4)5/h13-14,22H,6-12,15-21H2,1-5H3,(H,29,32)/b14-13-. The van der Waals surface area contributed by atoms with Crippen LogP contribution in [0.4, 0.5) is 17.3 Å². The van der Waals surface area contributed by atoms with Gasteiger partial charge in [0, 0.05) is 34.6 Å². The molecule has 0 fully saturated rings. The molecule has 1 rings (SSSR count). The smallest absolute Gasteiger partial charge is 0.224 e. The molecule has 1 aromatic rings. The third kappa shape index (κ3) is 12.1. The molecule has 1 amide bonds. The number of nitrogens with zero attached hydrogens (tertiary/aromatic N) is 4. The molecule has 0 unspecified atom stereocenters. The molecule has 1 N–H and O–H groups in total. The van der Waals surface area contributed by atoms with E-state index in [0.717, 1.165) is 24.5 Å². The number of carbonyl (C=O) groups excluding carboxylic acids is 1. The highest BCUT2D eigenvalue weighted by atomic mass is 16.1. The number of unbranched alkanes of at least 4 members (excludes halogenated alkanes) is 11. The van der Waals surface area contributed by atoms with E-state index in [4.69, 9.17) is 0 Å². The summed E-state index contributed by atoms with van der Waals surface area (Å²) in [5.41, 5.74) is 0.681. The van der Waals surface area contributed by atoms with E-state index in [1.165, 1.54) is 77.0 Å². The van der Waals surface area contributed by atoms with Gasteiger partial charge in [-0.15, -0.1) is 0 Å². The van der Waals surface area contributed by atoms with Crippen LogP contribution in [-0.2, 0) is 4.79 Å². The molecule has 0 aliphatic carbocycles. The number of allylic oxidation sites excluding steroid dienone is 2. The minimum absolute atomic E-state index is 0.0311. The summed E-state index contributed by atoms with van der Waals surface area (Å²) < 4.78 is 0. The lowest BCUT2D eigenvalue weighted by Crippen LogP contribution is -2.22. The summed E-state index contributed by atoms with van der Waals surface area (Å²) in [7, 11) is 7.67. The lowest BCUT2D eigenvalue weighted by molar-refractivity contribution is -0.116. The molecule has 1 aromatic heterocycles. The van der Waals surface area contributed by atoms with Gasteiger partial charge in [0.25, 0.3) is 0 Å². The summed E-state index contributed by atoms with van der Waals surface area (Å²) >= 11 is 0. The van der Waals surface area contributed by atoms with Gasteiger partial charge < -0.3 is 15.1 Å². The van der Waals surface area contributed by atoms with Crippen molar-refractivity contribution in [1.82, 2.24) is 9.97 Å². The Balaban J connectivity index is 2.15. The number of anilines is 3. The van der Waals surface area contributed by atoms with Crippen molar-refractivity contribution in [3.63, 3.8) is 0 Å². The molecule has 0 spiro atoms. The largest absolute Gasteiger partial charge is 0.361 e. The van der Waals surface area contributed by atoms with Crippen LogP contribution in [-0.4, -0.2) is 44.1 Å². The molecule has 0 aromatic carbocycles. The van der Waals surface area contributed by atoms with E-state index in [-0.39, 0.29) is 5.91 Å². The first kappa shape index (κ1) is 27.9. The molecule has 0 aliphatic heterocycles. The van der Waals surface area contributed by atoms with E-state index in [1.807, 2.05) is 38.0 Å². The van der Waals surface area contributed by atoms with Gasteiger partial charge in [0.1, 0.15) is 12.0 Å². The third-order valence-electron chi connectivity index (χ3n) is 5.58. The van der Waals surface area contributed by atoms with Crippen LogP contribution in [0, 0.1) is 0 Å². The molecule has 0 bridgehead atoms. The first-order valence-corrected chi connectivity index (χ1v) is 12.6. The zero-order valence-electron chi connectivity index (χ0n) is 21.3. The van der Waals surface area contributed by atoms with Crippen LogP contribution in [0.3, 0.4) is 0 Å². The molecule has 182 valence electrons. The lowest BCUT2D eigenvalue weighted by Gasteiger charge is -2.22. The van der Waals surface area contributed by atoms with Crippen molar-refractivity contribution in [2.75, 3.05) is 43.3 Å². The molecular formula is C26H47N5O. The van der Waals surface area contributed by atoms with Crippen molar-refractivity contribution in [2.45, 2.75) is 96.8 Å². The Hall–Kier alpha value is -2.11. The van der Waals surface area contributed by atoms with Crippen molar-refractivity contribution in [3.05, 3.63) is 18.5 Å². The van der Waals surface area contributed by atoms with Gasteiger partial charge in [0.2, 0.25) is 5.91 Å². The minimum Gasteiger partial charge on any atom is -0.361 e. The number of hydrogen-bond acceptors (Lipinski definition) is 5. The summed E-state index contributed by atoms with van der Waals surface area (Å²) in [4.78, 5) is 24.9. The summed E-state index contributed by atoms with van der Waals surface area (Å²) in [6.07, 6.45) is 23.1. The van der Waals surface area contributed by atoms with Crippen LogP contribution in [0.15, 0.2) is 18.5 Å². The fraction of sp³-hybridized carbons (Fsp3) is 0.731. The number of rotatable bonds is 18. The third-order valence-corrected chi connectivity index (χ3v) is 5.58. The second-order valence-corrected chi connectivity index (χ2v) is 9.07. The first-order chi connectivity index (χ1) is 15.5. The van der Waals surface area contributed by atoms with Gasteiger partial charge in [-0.25, -0.2) is 9.97 Å². The van der Waals surface area contributed by atoms with E-state index in [0.29, 0.717) is 12.1 Å². The Morgan fingerprint density at radius 1 is 0.781 bits per heavy atom. The molecule has 0 radical (unpaired) electrons. The quantitative estimate of drug-likeness (QED) is 0.204. The highest BCUT2D eigenvalue weighted by molar-refractivity contribution is 5.97. The molecule has 1 heterocycles. The van der Waals surface area contributed by atoms with Crippen LogP contribution in [0.1, 0.15) is 96.8 Å². The number of carbonyl (C=O) groups is 1. The SMILES string of the molecule is CCCCCCCC/C=C\CCCCCCCC(=O)Nc1c(N(C)C)ncnc1N(C)C. The van der Waals surface area contributed by atoms with Crippen LogP contribution in [0.5, 0.6) is 0 Å². The van der Waals surface area contributed by atoms with Crippen LogP contribution >= 0.6 is 0 Å². The Morgan fingerprint density at radius 2 is 1.25 bits per heavy atom. The van der Waals surface area contributed by atoms with Gasteiger partial charge >= 0.3 is 0 Å². The molecule has 0 aliphatic rings. The Morgan fingerprint density at radius 3 is 1.75 bits per heavy atom. The molecule has 6 nitrogen and oxygen atoms in total. The monoisotopic (exact) mass is 445 g/mol. The molecule has 0 saturated carbocycles. The number of aromatic nitrogens is 2. The van der Waals surface area contributed by atoms with Crippen LogP contribution < -0.4 is 15.1 Å². The highest BCUT2D eigenvalue weighted by Crippen LogP contribution is 2.30. The van der Waals surface area contributed by atoms with Gasteiger partial charge in [-0.2, -0.15) is 0 Å². The number of hydrogen-bond donors (Lipinski definition) is 1. The average molecular weight is 446 g/mol. The Bertz CT molecular complexity index is 631. The van der Waals surface area contributed by atoms with Gasteiger partial charge in [0.05, 0.1) is 0 Å².